The highest BCUT2D eigenvalue weighted by atomic mass is 16.6. The summed E-state index contributed by atoms with van der Waals surface area (Å²) in [5.74, 6) is 0. The van der Waals surface area contributed by atoms with Crippen molar-refractivity contribution in [2.24, 2.45) is 0 Å². The molecule has 0 aliphatic rings. The molecule has 1 N–H and O–H groups in total. The summed E-state index contributed by atoms with van der Waals surface area (Å²) in [6.07, 6.45) is 2.76. The van der Waals surface area contributed by atoms with Crippen LogP contribution >= 0.6 is 0 Å². The molecule has 2 aromatic rings. The second kappa shape index (κ2) is 8.67. The van der Waals surface area contributed by atoms with E-state index >= 15 is 0 Å². The number of nitro groups is 1. The van der Waals surface area contributed by atoms with Gasteiger partial charge in [0.2, 0.25) is 0 Å². The van der Waals surface area contributed by atoms with Crippen LogP contribution in [0.1, 0.15) is 30.9 Å². The summed E-state index contributed by atoms with van der Waals surface area (Å²) in [4.78, 5) is 21.9. The van der Waals surface area contributed by atoms with Gasteiger partial charge in [0.15, 0.2) is 0 Å². The molecular formula is C18H20N2O4. The number of non-ortho nitro benzene ring substituents is 1. The summed E-state index contributed by atoms with van der Waals surface area (Å²) in [5, 5.41) is 13.2. The highest BCUT2D eigenvalue weighted by Crippen LogP contribution is 2.14. The number of rotatable bonds is 7. The number of ether oxygens (including phenoxy) is 1. The fourth-order valence-corrected chi connectivity index (χ4v) is 2.15. The Kier molecular flexibility index (Phi) is 6.31. The first kappa shape index (κ1) is 17.5. The van der Waals surface area contributed by atoms with Crippen LogP contribution in [0.25, 0.3) is 0 Å². The van der Waals surface area contributed by atoms with Crippen LogP contribution in [0.15, 0.2) is 48.5 Å². The third-order valence-corrected chi connectivity index (χ3v) is 3.54. The lowest BCUT2D eigenvalue weighted by Gasteiger charge is -2.08. The smallest absolute Gasteiger partial charge is 0.411 e. The van der Waals surface area contributed by atoms with Crippen molar-refractivity contribution < 1.29 is 14.5 Å². The number of unbranched alkanes of at least 4 members (excludes halogenated alkanes) is 1. The van der Waals surface area contributed by atoms with E-state index in [1.54, 1.807) is 12.1 Å². The molecule has 6 heteroatoms. The van der Waals surface area contributed by atoms with Gasteiger partial charge in [-0.15, -0.1) is 0 Å². The van der Waals surface area contributed by atoms with Crippen LogP contribution in [-0.2, 0) is 17.8 Å². The SMILES string of the molecule is CCCCc1ccc(NC(=O)OCc2ccc([N+](=O)[O-])cc2)cc1. The number of hydrogen-bond donors (Lipinski definition) is 1. The van der Waals surface area contributed by atoms with Gasteiger partial charge in [0.1, 0.15) is 6.61 Å². The van der Waals surface area contributed by atoms with Crippen molar-refractivity contribution in [1.29, 1.82) is 0 Å². The number of amides is 1. The lowest BCUT2D eigenvalue weighted by atomic mass is 10.1. The van der Waals surface area contributed by atoms with E-state index in [1.165, 1.54) is 17.7 Å². The highest BCUT2D eigenvalue weighted by Gasteiger charge is 2.07. The first-order valence-electron chi connectivity index (χ1n) is 7.84. The Morgan fingerprint density at radius 1 is 1.08 bits per heavy atom. The number of nitrogens with zero attached hydrogens (tertiary/aromatic N) is 1. The predicted molar refractivity (Wildman–Crippen MR) is 92.0 cm³/mol. The molecule has 0 aromatic heterocycles. The number of nitrogens with one attached hydrogen (secondary N) is 1. The van der Waals surface area contributed by atoms with Crippen LogP contribution in [-0.4, -0.2) is 11.0 Å². The quantitative estimate of drug-likeness (QED) is 0.590. The van der Waals surface area contributed by atoms with E-state index in [-0.39, 0.29) is 12.3 Å². The summed E-state index contributed by atoms with van der Waals surface area (Å²) in [7, 11) is 0. The van der Waals surface area contributed by atoms with Gasteiger partial charge >= 0.3 is 6.09 Å². The molecule has 0 heterocycles. The first-order valence-corrected chi connectivity index (χ1v) is 7.84. The third-order valence-electron chi connectivity index (χ3n) is 3.54. The van der Waals surface area contributed by atoms with Crippen LogP contribution in [0.5, 0.6) is 0 Å². The fraction of sp³-hybridized carbons (Fsp3) is 0.278. The van der Waals surface area contributed by atoms with Crippen LogP contribution in [0.2, 0.25) is 0 Å². The molecule has 0 aliphatic carbocycles. The summed E-state index contributed by atoms with van der Waals surface area (Å²) in [6.45, 7) is 2.20. The van der Waals surface area contributed by atoms with Gasteiger partial charge in [0.05, 0.1) is 4.92 Å². The van der Waals surface area contributed by atoms with Crippen molar-refractivity contribution in [2.45, 2.75) is 32.8 Å². The second-order valence-corrected chi connectivity index (χ2v) is 5.43. The summed E-state index contributed by atoms with van der Waals surface area (Å²) in [5.41, 5.74) is 2.60. The summed E-state index contributed by atoms with van der Waals surface area (Å²) >= 11 is 0. The number of carbonyl (C=O) groups excluding carboxylic acids is 1. The van der Waals surface area contributed by atoms with E-state index in [0.717, 1.165) is 19.3 Å². The van der Waals surface area contributed by atoms with Gasteiger partial charge in [-0.25, -0.2) is 4.79 Å². The highest BCUT2D eigenvalue weighted by molar-refractivity contribution is 5.84. The fourth-order valence-electron chi connectivity index (χ4n) is 2.15. The second-order valence-electron chi connectivity index (χ2n) is 5.43. The minimum Gasteiger partial charge on any atom is -0.444 e. The summed E-state index contributed by atoms with van der Waals surface area (Å²) in [6, 6.07) is 13.6. The normalized spacial score (nSPS) is 10.2. The number of nitro benzene ring substituents is 1. The molecule has 0 unspecified atom stereocenters. The van der Waals surface area contributed by atoms with E-state index in [2.05, 4.69) is 12.2 Å². The maximum atomic E-state index is 11.8. The Morgan fingerprint density at radius 3 is 2.29 bits per heavy atom. The molecular weight excluding hydrogens is 308 g/mol. The molecule has 6 nitrogen and oxygen atoms in total. The lowest BCUT2D eigenvalue weighted by molar-refractivity contribution is -0.384. The van der Waals surface area contributed by atoms with Crippen molar-refractivity contribution in [3.05, 3.63) is 69.8 Å². The number of aryl methyl sites for hydroxylation is 1. The Morgan fingerprint density at radius 2 is 1.71 bits per heavy atom. The maximum Gasteiger partial charge on any atom is 0.411 e. The van der Waals surface area contributed by atoms with Crippen molar-refractivity contribution in [3.8, 4) is 0 Å². The predicted octanol–water partition coefficient (Wildman–Crippen LogP) is 4.69. The van der Waals surface area contributed by atoms with E-state index in [0.29, 0.717) is 11.3 Å². The summed E-state index contributed by atoms with van der Waals surface area (Å²) < 4.78 is 5.11. The topological polar surface area (TPSA) is 81.5 Å². The molecule has 0 atom stereocenters. The Bertz CT molecular complexity index is 681. The molecule has 0 fully saturated rings. The minimum absolute atomic E-state index is 0.00589. The average molecular weight is 328 g/mol. The molecule has 0 radical (unpaired) electrons. The Balaban J connectivity index is 1.81. The van der Waals surface area contributed by atoms with Crippen molar-refractivity contribution >= 4 is 17.5 Å². The molecule has 0 bridgehead atoms. The first-order chi connectivity index (χ1) is 11.6. The monoisotopic (exact) mass is 328 g/mol. The molecule has 0 saturated heterocycles. The molecule has 0 saturated carbocycles. The largest absolute Gasteiger partial charge is 0.444 e. The van der Waals surface area contributed by atoms with Gasteiger partial charge in [0.25, 0.3) is 5.69 Å². The zero-order valence-corrected chi connectivity index (χ0v) is 13.5. The standard InChI is InChI=1S/C18H20N2O4/c1-2-3-4-14-5-9-16(10-6-14)19-18(21)24-13-15-7-11-17(12-8-15)20(22)23/h5-12H,2-4,13H2,1H3,(H,19,21). The molecule has 126 valence electrons. The van der Waals surface area contributed by atoms with Crippen LogP contribution in [0.3, 0.4) is 0 Å². The molecule has 1 amide bonds. The molecule has 2 rings (SSSR count). The maximum absolute atomic E-state index is 11.8. The average Bonchev–Trinajstić information content (AvgIpc) is 2.59. The van der Waals surface area contributed by atoms with E-state index in [4.69, 9.17) is 4.74 Å². The van der Waals surface area contributed by atoms with Gasteiger partial charge in [-0.1, -0.05) is 25.5 Å². The zero-order chi connectivity index (χ0) is 17.4. The lowest BCUT2D eigenvalue weighted by Crippen LogP contribution is -2.13. The number of carbonyl (C=O) groups is 1. The Labute approximate surface area is 140 Å². The zero-order valence-electron chi connectivity index (χ0n) is 13.5. The van der Waals surface area contributed by atoms with Crippen LogP contribution in [0.4, 0.5) is 16.2 Å². The minimum atomic E-state index is -0.560. The molecule has 24 heavy (non-hydrogen) atoms. The third kappa shape index (κ3) is 5.39. The van der Waals surface area contributed by atoms with Gasteiger partial charge in [0, 0.05) is 17.8 Å². The van der Waals surface area contributed by atoms with Gasteiger partial charge < -0.3 is 4.74 Å². The number of anilines is 1. The van der Waals surface area contributed by atoms with E-state index in [9.17, 15) is 14.9 Å². The molecule has 2 aromatic carbocycles. The van der Waals surface area contributed by atoms with Crippen LogP contribution in [0, 0.1) is 10.1 Å². The number of benzene rings is 2. The van der Waals surface area contributed by atoms with Gasteiger partial charge in [-0.2, -0.15) is 0 Å². The van der Waals surface area contributed by atoms with E-state index < -0.39 is 11.0 Å². The van der Waals surface area contributed by atoms with Gasteiger partial charge in [-0.05, 0) is 48.2 Å². The van der Waals surface area contributed by atoms with Crippen molar-refractivity contribution in [2.75, 3.05) is 5.32 Å². The Hall–Kier alpha value is -2.89. The molecule has 0 spiro atoms. The number of hydrogen-bond acceptors (Lipinski definition) is 4. The van der Waals surface area contributed by atoms with Crippen molar-refractivity contribution in [1.82, 2.24) is 0 Å². The van der Waals surface area contributed by atoms with E-state index in [1.807, 2.05) is 24.3 Å². The van der Waals surface area contributed by atoms with Crippen molar-refractivity contribution in [3.63, 3.8) is 0 Å². The van der Waals surface area contributed by atoms with Gasteiger partial charge in [-0.3, -0.25) is 15.4 Å². The van der Waals surface area contributed by atoms with Crippen LogP contribution < -0.4 is 5.32 Å². The molecule has 0 aliphatic heterocycles.